The number of carbonyl (C=O) groups excluding carboxylic acids is 1. The van der Waals surface area contributed by atoms with Gasteiger partial charge in [-0.05, 0) is 43.7 Å². The molecule has 3 N–H and O–H groups in total. The van der Waals surface area contributed by atoms with Crippen molar-refractivity contribution in [1.29, 1.82) is 0 Å². The Morgan fingerprint density at radius 1 is 1.20 bits per heavy atom. The Kier molecular flexibility index (Phi) is 6.50. The molecule has 1 aliphatic heterocycles. The predicted molar refractivity (Wildman–Crippen MR) is 140 cm³/mol. The second-order valence-corrected chi connectivity index (χ2v) is 9.45. The number of aromatic amines is 1. The number of amides is 1. The molecule has 13 heteroatoms. The molecule has 10 nitrogen and oxygen atoms in total. The van der Waals surface area contributed by atoms with Gasteiger partial charge in [0.25, 0.3) is 5.91 Å². The quantitative estimate of drug-likeness (QED) is 0.277. The molecule has 1 saturated heterocycles. The number of fused-ring (bicyclic) bond motifs is 3. The minimum Gasteiger partial charge on any atom is -0.492 e. The maximum atomic E-state index is 14.0. The lowest BCUT2D eigenvalue weighted by Crippen LogP contribution is -2.54. The van der Waals surface area contributed by atoms with E-state index in [1.54, 1.807) is 23.1 Å². The van der Waals surface area contributed by atoms with Gasteiger partial charge in [-0.2, -0.15) is 5.10 Å². The number of H-pyrrole nitrogens is 1. The number of aromatic nitrogens is 5. The third kappa shape index (κ3) is 4.47. The van der Waals surface area contributed by atoms with Crippen LogP contribution in [0.5, 0.6) is 5.75 Å². The Morgan fingerprint density at radius 2 is 2.02 bits per heavy atom. The number of hydrogen-bond donors (Lipinski definition) is 3. The standard InChI is InChI=1S/C27H24F3N7O3/c1-2-40-15-9-16(25-17-11-32-34-26(17)35-37(25)12-15)14-3-6-22(31-10-14)36-8-7-20(21(38)13-36)33-27(39)23-18(28)4-5-19(29)24(23)30/h3-6,9-12,20-21,38H,2,7-8,13H2,1H3,(H,33,39)(H,34,35)/t20-,21+/m0/s1. The molecule has 4 aromatic heterocycles. The van der Waals surface area contributed by atoms with Gasteiger partial charge in [0.2, 0.25) is 0 Å². The van der Waals surface area contributed by atoms with E-state index in [1.165, 1.54) is 0 Å². The Balaban J connectivity index is 1.20. The van der Waals surface area contributed by atoms with Crippen molar-refractivity contribution in [1.82, 2.24) is 30.1 Å². The van der Waals surface area contributed by atoms with E-state index in [0.717, 1.165) is 22.0 Å². The van der Waals surface area contributed by atoms with Crippen molar-refractivity contribution in [3.05, 3.63) is 71.9 Å². The Bertz CT molecular complexity index is 1720. The topological polar surface area (TPSA) is 121 Å². The fourth-order valence-electron chi connectivity index (χ4n) is 5.02. The number of aliphatic hydroxyl groups is 1. The number of halogens is 3. The van der Waals surface area contributed by atoms with E-state index in [0.29, 0.717) is 42.5 Å². The highest BCUT2D eigenvalue weighted by Gasteiger charge is 2.31. The van der Waals surface area contributed by atoms with Crippen molar-refractivity contribution in [3.63, 3.8) is 0 Å². The average molecular weight is 552 g/mol. The number of aliphatic hydroxyl groups excluding tert-OH is 1. The number of β-amino-alcohol motifs (C(OH)–C–C–N with tert-alkyl or cyclic N) is 1. The average Bonchev–Trinajstić information content (AvgIpc) is 3.53. The van der Waals surface area contributed by atoms with Gasteiger partial charge in [0.05, 0.1) is 42.0 Å². The molecule has 1 amide bonds. The third-order valence-electron chi connectivity index (χ3n) is 6.97. The van der Waals surface area contributed by atoms with Crippen LogP contribution in [-0.2, 0) is 0 Å². The second-order valence-electron chi connectivity index (χ2n) is 9.45. The smallest absolute Gasteiger partial charge is 0.257 e. The van der Waals surface area contributed by atoms with E-state index >= 15 is 0 Å². The number of anilines is 1. The van der Waals surface area contributed by atoms with Crippen LogP contribution in [-0.4, -0.2) is 67.7 Å². The van der Waals surface area contributed by atoms with E-state index in [2.05, 4.69) is 25.6 Å². The molecule has 0 spiro atoms. The minimum absolute atomic E-state index is 0.119. The molecule has 1 aliphatic rings. The van der Waals surface area contributed by atoms with Crippen LogP contribution in [0.4, 0.5) is 19.0 Å². The molecular formula is C27H24F3N7O3. The lowest BCUT2D eigenvalue weighted by molar-refractivity contribution is 0.0789. The van der Waals surface area contributed by atoms with Crippen molar-refractivity contribution in [3.8, 4) is 16.9 Å². The highest BCUT2D eigenvalue weighted by atomic mass is 19.2. The molecule has 1 fully saturated rings. The van der Waals surface area contributed by atoms with E-state index in [-0.39, 0.29) is 13.0 Å². The number of pyridine rings is 2. The van der Waals surface area contributed by atoms with Gasteiger partial charge < -0.3 is 20.1 Å². The molecule has 0 unspecified atom stereocenters. The molecule has 206 valence electrons. The first-order valence-electron chi connectivity index (χ1n) is 12.7. The number of carbonyl (C=O) groups is 1. The summed E-state index contributed by atoms with van der Waals surface area (Å²) in [4.78, 5) is 18.9. The Labute approximate surface area is 225 Å². The fraction of sp³-hybridized carbons (Fsp3) is 0.259. The number of benzene rings is 1. The van der Waals surface area contributed by atoms with Crippen molar-refractivity contribution >= 4 is 28.3 Å². The van der Waals surface area contributed by atoms with Gasteiger partial charge >= 0.3 is 0 Å². The summed E-state index contributed by atoms with van der Waals surface area (Å²) in [6.07, 6.45) is 4.46. The highest BCUT2D eigenvalue weighted by Crippen LogP contribution is 2.33. The summed E-state index contributed by atoms with van der Waals surface area (Å²) in [6.45, 7) is 2.92. The number of hydrogen-bond acceptors (Lipinski definition) is 7. The molecule has 6 rings (SSSR count). The first-order chi connectivity index (χ1) is 19.3. The van der Waals surface area contributed by atoms with Crippen molar-refractivity contribution in [2.75, 3.05) is 24.6 Å². The van der Waals surface area contributed by atoms with Gasteiger partial charge in [-0.25, -0.2) is 22.7 Å². The van der Waals surface area contributed by atoms with Crippen LogP contribution < -0.4 is 15.0 Å². The minimum atomic E-state index is -1.57. The lowest BCUT2D eigenvalue weighted by Gasteiger charge is -2.37. The van der Waals surface area contributed by atoms with Crippen LogP contribution in [0.2, 0.25) is 0 Å². The van der Waals surface area contributed by atoms with Gasteiger partial charge in [0.15, 0.2) is 17.3 Å². The van der Waals surface area contributed by atoms with Crippen LogP contribution >= 0.6 is 0 Å². The number of nitrogens with one attached hydrogen (secondary N) is 2. The molecule has 5 heterocycles. The number of piperidine rings is 1. The largest absolute Gasteiger partial charge is 0.492 e. The predicted octanol–water partition coefficient (Wildman–Crippen LogP) is 3.46. The van der Waals surface area contributed by atoms with E-state index in [1.807, 2.05) is 30.0 Å². The van der Waals surface area contributed by atoms with Gasteiger partial charge in [-0.3, -0.25) is 9.89 Å². The molecule has 5 aromatic rings. The second kappa shape index (κ2) is 10.2. The Hall–Kier alpha value is -4.65. The zero-order chi connectivity index (χ0) is 28.0. The van der Waals surface area contributed by atoms with Crippen LogP contribution in [0.1, 0.15) is 23.7 Å². The maximum Gasteiger partial charge on any atom is 0.257 e. The van der Waals surface area contributed by atoms with E-state index in [9.17, 15) is 23.1 Å². The fourth-order valence-corrected chi connectivity index (χ4v) is 5.02. The summed E-state index contributed by atoms with van der Waals surface area (Å²) in [5.74, 6) is -3.94. The lowest BCUT2D eigenvalue weighted by atomic mass is 10.0. The zero-order valence-electron chi connectivity index (χ0n) is 21.2. The van der Waals surface area contributed by atoms with E-state index < -0.39 is 41.1 Å². The third-order valence-corrected chi connectivity index (χ3v) is 6.97. The van der Waals surface area contributed by atoms with Gasteiger partial charge in [0.1, 0.15) is 22.9 Å². The maximum absolute atomic E-state index is 14.0. The molecule has 0 bridgehead atoms. The summed E-state index contributed by atoms with van der Waals surface area (Å²) in [7, 11) is 0. The van der Waals surface area contributed by atoms with Crippen molar-refractivity contribution in [2.45, 2.75) is 25.5 Å². The summed E-state index contributed by atoms with van der Waals surface area (Å²) in [6, 6.07) is 6.17. The number of rotatable bonds is 6. The summed E-state index contributed by atoms with van der Waals surface area (Å²) >= 11 is 0. The van der Waals surface area contributed by atoms with Crippen LogP contribution in [0.15, 0.2) is 48.9 Å². The van der Waals surface area contributed by atoms with Crippen LogP contribution in [0.3, 0.4) is 0 Å². The van der Waals surface area contributed by atoms with Crippen molar-refractivity contribution in [2.24, 2.45) is 0 Å². The van der Waals surface area contributed by atoms with Gasteiger partial charge in [-0.15, -0.1) is 5.10 Å². The molecule has 0 saturated carbocycles. The molecule has 2 atom stereocenters. The monoisotopic (exact) mass is 551 g/mol. The van der Waals surface area contributed by atoms with Gasteiger partial charge in [0, 0.05) is 30.4 Å². The van der Waals surface area contributed by atoms with Crippen LogP contribution in [0, 0.1) is 17.5 Å². The number of nitrogens with zero attached hydrogens (tertiary/aromatic N) is 5. The summed E-state index contributed by atoms with van der Waals surface area (Å²) in [5, 5.41) is 25.5. The molecule has 0 aliphatic carbocycles. The first-order valence-corrected chi connectivity index (χ1v) is 12.7. The molecular weight excluding hydrogens is 527 g/mol. The molecule has 40 heavy (non-hydrogen) atoms. The highest BCUT2D eigenvalue weighted by molar-refractivity contribution is 6.01. The normalized spacial score (nSPS) is 17.5. The first kappa shape index (κ1) is 25.6. The Morgan fingerprint density at radius 3 is 2.77 bits per heavy atom. The molecule has 1 aromatic carbocycles. The zero-order valence-corrected chi connectivity index (χ0v) is 21.2. The number of ether oxygens (including phenoxy) is 1. The molecule has 0 radical (unpaired) electrons. The van der Waals surface area contributed by atoms with Gasteiger partial charge in [-0.1, -0.05) is 0 Å². The summed E-state index contributed by atoms with van der Waals surface area (Å²) < 4.78 is 49.0. The SMILES string of the molecule is CCOc1cc(-c2ccc(N3CC[C@H](NC(=O)c4c(F)ccc(F)c4F)[C@H](O)C3)nc2)c2c3cn[nH]c3nn2c1. The summed E-state index contributed by atoms with van der Waals surface area (Å²) in [5.41, 5.74) is 2.15. The van der Waals surface area contributed by atoms with Crippen LogP contribution in [0.25, 0.3) is 27.7 Å². The van der Waals surface area contributed by atoms with Crippen molar-refractivity contribution < 1.29 is 27.8 Å². The van der Waals surface area contributed by atoms with E-state index in [4.69, 9.17) is 4.74 Å².